The van der Waals surface area contributed by atoms with Gasteiger partial charge in [0.1, 0.15) is 0 Å². The summed E-state index contributed by atoms with van der Waals surface area (Å²) < 4.78 is 4.85. The van der Waals surface area contributed by atoms with E-state index < -0.39 is 0 Å². The first-order valence-corrected chi connectivity index (χ1v) is 6.90. The van der Waals surface area contributed by atoms with E-state index in [0.29, 0.717) is 6.61 Å². The molecule has 0 aromatic carbocycles. The van der Waals surface area contributed by atoms with Crippen LogP contribution in [0.1, 0.15) is 65.2 Å². The largest absolute Gasteiger partial charge is 0.466 e. The van der Waals surface area contributed by atoms with Crippen molar-refractivity contribution in [3.63, 3.8) is 0 Å². The molecule has 0 fully saturated rings. The maximum Gasteiger partial charge on any atom is 0.302 e. The van der Waals surface area contributed by atoms with Gasteiger partial charge < -0.3 is 10.1 Å². The molecular formula is C14H31NO2. The van der Waals surface area contributed by atoms with Crippen LogP contribution in [0.5, 0.6) is 0 Å². The average molecular weight is 245 g/mol. The lowest BCUT2D eigenvalue weighted by Gasteiger charge is -2.02. The smallest absolute Gasteiger partial charge is 0.302 e. The van der Waals surface area contributed by atoms with Gasteiger partial charge in [0.05, 0.1) is 6.61 Å². The Bertz CT molecular complexity index is 149. The zero-order chi connectivity index (χ0) is 13.4. The first kappa shape index (κ1) is 18.8. The molecule has 0 unspecified atom stereocenters. The first-order chi connectivity index (χ1) is 8.18. The number of unbranched alkanes of at least 4 members (excludes halogenated alkanes) is 7. The maximum absolute atomic E-state index is 10.4. The van der Waals surface area contributed by atoms with Gasteiger partial charge in [0.25, 0.3) is 0 Å². The number of nitrogens with one attached hydrogen (secondary N) is 1. The Kier molecular flexibility index (Phi) is 19.7. The summed E-state index contributed by atoms with van der Waals surface area (Å²) in [6.45, 7) is 4.30. The normalized spacial score (nSPS) is 9.41. The lowest BCUT2D eigenvalue weighted by atomic mass is 10.1. The zero-order valence-corrected chi connectivity index (χ0v) is 12.2. The number of ether oxygens (including phenoxy) is 1. The standard InChI is InChI=1S/C12H24O2.C2H7N/c1-3-4-5-6-7-8-9-10-11-14-12(2)13;1-3-2/h3-11H2,1-2H3;3H,1-2H3. The van der Waals surface area contributed by atoms with Gasteiger partial charge in [0.2, 0.25) is 0 Å². The van der Waals surface area contributed by atoms with Gasteiger partial charge in [-0.3, -0.25) is 4.79 Å². The molecule has 0 heterocycles. The van der Waals surface area contributed by atoms with E-state index in [-0.39, 0.29) is 5.97 Å². The van der Waals surface area contributed by atoms with Gasteiger partial charge in [-0.1, -0.05) is 51.9 Å². The molecule has 0 aromatic rings. The van der Waals surface area contributed by atoms with E-state index in [4.69, 9.17) is 4.74 Å². The number of esters is 1. The van der Waals surface area contributed by atoms with E-state index in [0.717, 1.165) is 6.42 Å². The highest BCUT2D eigenvalue weighted by molar-refractivity contribution is 5.65. The molecule has 0 aliphatic rings. The molecule has 0 aliphatic heterocycles. The predicted octanol–water partition coefficient (Wildman–Crippen LogP) is 3.53. The van der Waals surface area contributed by atoms with Gasteiger partial charge in [-0.2, -0.15) is 0 Å². The topological polar surface area (TPSA) is 38.3 Å². The molecule has 104 valence electrons. The Balaban J connectivity index is 0. The van der Waals surface area contributed by atoms with Gasteiger partial charge in [-0.25, -0.2) is 0 Å². The maximum atomic E-state index is 10.4. The molecule has 3 nitrogen and oxygen atoms in total. The minimum Gasteiger partial charge on any atom is -0.466 e. The molecule has 0 spiro atoms. The molecule has 0 saturated heterocycles. The van der Waals surface area contributed by atoms with Crippen molar-refractivity contribution in [2.75, 3.05) is 20.7 Å². The van der Waals surface area contributed by atoms with Crippen LogP contribution in [0.2, 0.25) is 0 Å². The van der Waals surface area contributed by atoms with Crippen LogP contribution in [0.3, 0.4) is 0 Å². The molecule has 0 saturated carbocycles. The molecule has 0 atom stereocenters. The monoisotopic (exact) mass is 245 g/mol. The second-order valence-electron chi connectivity index (χ2n) is 4.31. The molecule has 0 aliphatic carbocycles. The van der Waals surface area contributed by atoms with Gasteiger partial charge in [-0.05, 0) is 20.5 Å². The highest BCUT2D eigenvalue weighted by Crippen LogP contribution is 2.08. The van der Waals surface area contributed by atoms with Crippen molar-refractivity contribution >= 4 is 5.97 Å². The number of hydrogen-bond acceptors (Lipinski definition) is 3. The van der Waals surface area contributed by atoms with E-state index in [1.165, 1.54) is 51.9 Å². The van der Waals surface area contributed by atoms with Crippen LogP contribution in [0.4, 0.5) is 0 Å². The van der Waals surface area contributed by atoms with Crippen molar-refractivity contribution < 1.29 is 9.53 Å². The van der Waals surface area contributed by atoms with Gasteiger partial charge >= 0.3 is 5.97 Å². The van der Waals surface area contributed by atoms with Gasteiger partial charge in [0.15, 0.2) is 0 Å². The Morgan fingerprint density at radius 1 is 0.941 bits per heavy atom. The minimum absolute atomic E-state index is 0.159. The highest BCUT2D eigenvalue weighted by atomic mass is 16.5. The second kappa shape index (κ2) is 17.8. The second-order valence-corrected chi connectivity index (χ2v) is 4.31. The van der Waals surface area contributed by atoms with Crippen LogP contribution in [-0.4, -0.2) is 26.7 Å². The predicted molar refractivity (Wildman–Crippen MR) is 74.2 cm³/mol. The SMILES string of the molecule is CCCCCCCCCCOC(C)=O.CNC. The summed E-state index contributed by atoms with van der Waals surface area (Å²) in [5.74, 6) is -0.159. The summed E-state index contributed by atoms with van der Waals surface area (Å²) in [6, 6.07) is 0. The van der Waals surface area contributed by atoms with Crippen molar-refractivity contribution in [3.8, 4) is 0 Å². The van der Waals surface area contributed by atoms with Crippen LogP contribution in [0.25, 0.3) is 0 Å². The molecule has 0 bridgehead atoms. The Labute approximate surface area is 107 Å². The number of rotatable bonds is 9. The van der Waals surface area contributed by atoms with Crippen LogP contribution in [-0.2, 0) is 9.53 Å². The molecule has 0 amide bonds. The van der Waals surface area contributed by atoms with Gasteiger partial charge in [0, 0.05) is 6.92 Å². The van der Waals surface area contributed by atoms with Gasteiger partial charge in [-0.15, -0.1) is 0 Å². The summed E-state index contributed by atoms with van der Waals surface area (Å²) in [7, 11) is 3.75. The Morgan fingerprint density at radius 2 is 1.35 bits per heavy atom. The van der Waals surface area contributed by atoms with E-state index in [1.54, 1.807) is 0 Å². The first-order valence-electron chi connectivity index (χ1n) is 6.90. The average Bonchev–Trinajstić information content (AvgIpc) is 2.27. The van der Waals surface area contributed by atoms with Crippen LogP contribution in [0, 0.1) is 0 Å². The fourth-order valence-corrected chi connectivity index (χ4v) is 1.45. The third kappa shape index (κ3) is 25.6. The van der Waals surface area contributed by atoms with E-state index in [9.17, 15) is 4.79 Å². The third-order valence-corrected chi connectivity index (χ3v) is 2.30. The fraction of sp³-hybridized carbons (Fsp3) is 0.929. The lowest BCUT2D eigenvalue weighted by Crippen LogP contribution is -1.99. The fourth-order valence-electron chi connectivity index (χ4n) is 1.45. The summed E-state index contributed by atoms with van der Waals surface area (Å²) in [5, 5.41) is 2.75. The number of carbonyl (C=O) groups is 1. The summed E-state index contributed by atoms with van der Waals surface area (Å²) in [4.78, 5) is 10.4. The Hall–Kier alpha value is -0.570. The van der Waals surface area contributed by atoms with Crippen molar-refractivity contribution in [2.24, 2.45) is 0 Å². The molecule has 1 N–H and O–H groups in total. The van der Waals surface area contributed by atoms with E-state index in [2.05, 4.69) is 12.2 Å². The lowest BCUT2D eigenvalue weighted by molar-refractivity contribution is -0.141. The summed E-state index contributed by atoms with van der Waals surface area (Å²) in [6.07, 6.45) is 10.2. The third-order valence-electron chi connectivity index (χ3n) is 2.30. The highest BCUT2D eigenvalue weighted by Gasteiger charge is 1.93. The van der Waals surface area contributed by atoms with Crippen LogP contribution < -0.4 is 5.32 Å². The van der Waals surface area contributed by atoms with Crippen LogP contribution >= 0.6 is 0 Å². The Morgan fingerprint density at radius 3 is 1.76 bits per heavy atom. The molecular weight excluding hydrogens is 214 g/mol. The van der Waals surface area contributed by atoms with E-state index in [1.807, 2.05) is 14.1 Å². The van der Waals surface area contributed by atoms with Crippen molar-refractivity contribution in [2.45, 2.75) is 65.2 Å². The van der Waals surface area contributed by atoms with Crippen molar-refractivity contribution in [1.29, 1.82) is 0 Å². The molecule has 0 aromatic heterocycles. The molecule has 0 rings (SSSR count). The number of hydrogen-bond donors (Lipinski definition) is 1. The quantitative estimate of drug-likeness (QED) is 0.499. The summed E-state index contributed by atoms with van der Waals surface area (Å²) >= 11 is 0. The molecule has 0 radical (unpaired) electrons. The minimum atomic E-state index is -0.159. The zero-order valence-electron chi connectivity index (χ0n) is 12.2. The van der Waals surface area contributed by atoms with Crippen LogP contribution in [0.15, 0.2) is 0 Å². The van der Waals surface area contributed by atoms with E-state index >= 15 is 0 Å². The molecule has 17 heavy (non-hydrogen) atoms. The van der Waals surface area contributed by atoms with Crippen molar-refractivity contribution in [3.05, 3.63) is 0 Å². The number of carbonyl (C=O) groups excluding carboxylic acids is 1. The summed E-state index contributed by atoms with van der Waals surface area (Å²) in [5.41, 5.74) is 0. The molecule has 3 heteroatoms. The van der Waals surface area contributed by atoms with Crippen molar-refractivity contribution in [1.82, 2.24) is 5.32 Å².